The number of rotatable bonds is 9. The molecule has 3 aromatic carbocycles. The van der Waals surface area contributed by atoms with Gasteiger partial charge in [-0.25, -0.2) is 13.2 Å². The maximum absolute atomic E-state index is 13.5. The fourth-order valence-corrected chi connectivity index (χ4v) is 6.25. The summed E-state index contributed by atoms with van der Waals surface area (Å²) in [5.41, 5.74) is 2.82. The lowest BCUT2D eigenvalue weighted by molar-refractivity contribution is -0.118. The number of amides is 1. The second kappa shape index (κ2) is 12.4. The molecule has 0 atom stereocenters. The molecule has 3 aromatic rings. The molecule has 1 amide bonds. The van der Waals surface area contributed by atoms with Crippen molar-refractivity contribution in [1.29, 1.82) is 0 Å². The number of halogens is 1. The van der Waals surface area contributed by atoms with Gasteiger partial charge in [0.05, 0.1) is 23.5 Å². The molecule has 7 nitrogen and oxygen atoms in total. The van der Waals surface area contributed by atoms with Gasteiger partial charge < -0.3 is 10.0 Å². The van der Waals surface area contributed by atoms with Crippen LogP contribution in [0.4, 0.5) is 5.69 Å². The van der Waals surface area contributed by atoms with Crippen molar-refractivity contribution in [3.05, 3.63) is 93.1 Å². The van der Waals surface area contributed by atoms with Crippen molar-refractivity contribution in [2.45, 2.75) is 49.5 Å². The topological polar surface area (TPSA) is 95.0 Å². The van der Waals surface area contributed by atoms with Gasteiger partial charge in [-0.2, -0.15) is 4.31 Å². The van der Waals surface area contributed by atoms with Gasteiger partial charge in [0.2, 0.25) is 15.9 Å². The second-order valence-electron chi connectivity index (χ2n) is 9.62. The number of carbonyl (C=O) groups is 2. The van der Waals surface area contributed by atoms with Crippen molar-refractivity contribution < 1.29 is 23.1 Å². The number of aromatic carboxylic acids is 1. The second-order valence-corrected chi connectivity index (χ2v) is 12.9. The average molecular weight is 647 g/mol. The van der Waals surface area contributed by atoms with Gasteiger partial charge in [0, 0.05) is 16.3 Å². The van der Waals surface area contributed by atoms with Crippen molar-refractivity contribution in [3.8, 4) is 0 Å². The number of carboxylic acids is 1. The van der Waals surface area contributed by atoms with E-state index in [1.54, 1.807) is 24.3 Å². The van der Waals surface area contributed by atoms with Crippen LogP contribution < -0.4 is 4.90 Å². The van der Waals surface area contributed by atoms with E-state index in [4.69, 9.17) is 0 Å². The monoisotopic (exact) mass is 646 g/mol. The molecular formula is C29H31IN2O5S. The molecule has 0 radical (unpaired) electrons. The number of benzene rings is 3. The quantitative estimate of drug-likeness (QED) is 0.293. The fourth-order valence-electron chi connectivity index (χ4n) is 4.77. The van der Waals surface area contributed by atoms with E-state index >= 15 is 0 Å². The zero-order chi connectivity index (χ0) is 27.3. The van der Waals surface area contributed by atoms with E-state index in [9.17, 15) is 23.1 Å². The molecule has 1 aliphatic rings. The van der Waals surface area contributed by atoms with E-state index in [-0.39, 0.29) is 23.5 Å². The smallest absolute Gasteiger partial charge is 0.335 e. The molecule has 1 saturated carbocycles. The van der Waals surface area contributed by atoms with Gasteiger partial charge in [0.25, 0.3) is 0 Å². The highest BCUT2D eigenvalue weighted by Crippen LogP contribution is 2.33. The molecule has 1 fully saturated rings. The van der Waals surface area contributed by atoms with Crippen LogP contribution in [0.1, 0.15) is 59.5 Å². The van der Waals surface area contributed by atoms with Crippen LogP contribution in [0.15, 0.2) is 77.7 Å². The zero-order valence-electron chi connectivity index (χ0n) is 21.2. The number of hydrogen-bond acceptors (Lipinski definition) is 4. The van der Waals surface area contributed by atoms with E-state index in [2.05, 4.69) is 34.7 Å². The molecule has 0 aliphatic heterocycles. The van der Waals surface area contributed by atoms with Crippen LogP contribution in [-0.4, -0.2) is 43.3 Å². The Morgan fingerprint density at radius 2 is 1.50 bits per heavy atom. The van der Waals surface area contributed by atoms with Crippen LogP contribution in [0.5, 0.6) is 0 Å². The molecule has 38 heavy (non-hydrogen) atoms. The van der Waals surface area contributed by atoms with E-state index in [1.165, 1.54) is 73.9 Å². The highest BCUT2D eigenvalue weighted by molar-refractivity contribution is 14.1. The first-order chi connectivity index (χ1) is 18.1. The lowest BCUT2D eigenvalue weighted by atomic mass is 9.84. The molecule has 0 heterocycles. The Balaban J connectivity index is 1.56. The van der Waals surface area contributed by atoms with E-state index in [1.807, 2.05) is 12.1 Å². The molecule has 0 aromatic heterocycles. The Kier molecular flexibility index (Phi) is 9.22. The Morgan fingerprint density at radius 1 is 0.895 bits per heavy atom. The van der Waals surface area contributed by atoms with Crippen molar-refractivity contribution in [2.24, 2.45) is 0 Å². The Bertz CT molecular complexity index is 1370. The van der Waals surface area contributed by atoms with Gasteiger partial charge in [-0.1, -0.05) is 43.5 Å². The summed E-state index contributed by atoms with van der Waals surface area (Å²) in [5.74, 6) is -0.906. The predicted octanol–water partition coefficient (Wildman–Crippen LogP) is 5.89. The summed E-state index contributed by atoms with van der Waals surface area (Å²) in [6.07, 6.45) is 6.18. The Morgan fingerprint density at radius 3 is 2.08 bits per heavy atom. The summed E-state index contributed by atoms with van der Waals surface area (Å²) in [6.45, 7) is -0.136. The van der Waals surface area contributed by atoms with Crippen LogP contribution in [0.2, 0.25) is 0 Å². The third-order valence-corrected chi connectivity index (χ3v) is 9.54. The normalized spacial score (nSPS) is 14.4. The number of hydrogen-bond donors (Lipinski definition) is 1. The molecule has 9 heteroatoms. The minimum absolute atomic E-state index is 0.108. The lowest BCUT2D eigenvalue weighted by Gasteiger charge is -2.26. The average Bonchev–Trinajstić information content (AvgIpc) is 2.92. The van der Waals surface area contributed by atoms with E-state index in [0.717, 1.165) is 13.4 Å². The maximum Gasteiger partial charge on any atom is 0.335 e. The summed E-state index contributed by atoms with van der Waals surface area (Å²) in [6, 6.07) is 20.8. The van der Waals surface area contributed by atoms with Crippen LogP contribution in [0, 0.1) is 3.57 Å². The van der Waals surface area contributed by atoms with Crippen LogP contribution in [0.3, 0.4) is 0 Å². The van der Waals surface area contributed by atoms with Gasteiger partial charge in [0.15, 0.2) is 0 Å². The number of carboxylic acid groups (broad SMARTS) is 1. The predicted molar refractivity (Wildman–Crippen MR) is 156 cm³/mol. The third-order valence-electron chi connectivity index (χ3n) is 7.00. The SMILES string of the molecule is CN(CC(=O)N(Cc1ccc(C2CCCCC2)cc1)c1ccc(C(=O)O)cc1)S(=O)(=O)c1ccc(I)cc1. The summed E-state index contributed by atoms with van der Waals surface area (Å²) in [5, 5.41) is 9.27. The third kappa shape index (κ3) is 6.81. The number of likely N-dealkylation sites (N-methyl/N-ethyl adjacent to an activating group) is 1. The standard InChI is InChI=1S/C29H31IN2O5S/c1-31(38(36,37)27-17-13-25(30)14-18-27)20-28(33)32(26-15-11-24(12-16-26)29(34)35)19-21-7-9-23(10-8-21)22-5-3-2-4-6-22/h7-18,22H,2-6,19-20H2,1H3,(H,34,35). The molecular weight excluding hydrogens is 615 g/mol. The van der Waals surface area contributed by atoms with E-state index < -0.39 is 21.9 Å². The summed E-state index contributed by atoms with van der Waals surface area (Å²) >= 11 is 2.10. The van der Waals surface area contributed by atoms with E-state index in [0.29, 0.717) is 11.6 Å². The first-order valence-electron chi connectivity index (χ1n) is 12.6. The van der Waals surface area contributed by atoms with Crippen molar-refractivity contribution in [1.82, 2.24) is 4.31 Å². The fraction of sp³-hybridized carbons (Fsp3) is 0.310. The van der Waals surface area contributed by atoms with Crippen LogP contribution in [0.25, 0.3) is 0 Å². The van der Waals surface area contributed by atoms with Crippen molar-refractivity contribution in [2.75, 3.05) is 18.5 Å². The van der Waals surface area contributed by atoms with Crippen molar-refractivity contribution >= 4 is 50.2 Å². The summed E-state index contributed by atoms with van der Waals surface area (Å²) in [4.78, 5) is 26.5. The molecule has 0 saturated heterocycles. The number of sulfonamides is 1. The largest absolute Gasteiger partial charge is 0.478 e. The number of anilines is 1. The van der Waals surface area contributed by atoms with Gasteiger partial charge in [-0.15, -0.1) is 0 Å². The molecule has 0 spiro atoms. The molecule has 1 aliphatic carbocycles. The van der Waals surface area contributed by atoms with Gasteiger partial charge in [-0.3, -0.25) is 4.79 Å². The Hall–Kier alpha value is -2.76. The molecule has 1 N–H and O–H groups in total. The maximum atomic E-state index is 13.5. The first kappa shape index (κ1) is 28.3. The molecule has 0 bridgehead atoms. The summed E-state index contributed by atoms with van der Waals surface area (Å²) in [7, 11) is -2.49. The van der Waals surface area contributed by atoms with Crippen molar-refractivity contribution in [3.63, 3.8) is 0 Å². The van der Waals surface area contributed by atoms with Gasteiger partial charge >= 0.3 is 5.97 Å². The van der Waals surface area contributed by atoms with Gasteiger partial charge in [0.1, 0.15) is 0 Å². The molecule has 0 unspecified atom stereocenters. The molecule has 200 valence electrons. The number of carbonyl (C=O) groups excluding carboxylic acids is 1. The summed E-state index contributed by atoms with van der Waals surface area (Å²) < 4.78 is 28.1. The zero-order valence-corrected chi connectivity index (χ0v) is 24.2. The van der Waals surface area contributed by atoms with Crippen LogP contribution in [-0.2, 0) is 21.4 Å². The highest BCUT2D eigenvalue weighted by Gasteiger charge is 2.26. The highest BCUT2D eigenvalue weighted by atomic mass is 127. The number of nitrogens with zero attached hydrogens (tertiary/aromatic N) is 2. The minimum atomic E-state index is -3.87. The Labute approximate surface area is 237 Å². The first-order valence-corrected chi connectivity index (χ1v) is 15.1. The minimum Gasteiger partial charge on any atom is -0.478 e. The van der Waals surface area contributed by atoms with Gasteiger partial charge in [-0.05, 0) is 101 Å². The van der Waals surface area contributed by atoms with Crippen LogP contribution >= 0.6 is 22.6 Å². The molecule has 4 rings (SSSR count). The lowest BCUT2D eigenvalue weighted by Crippen LogP contribution is -2.41.